The molecule has 13 heavy (non-hydrogen) atoms. The highest BCUT2D eigenvalue weighted by Gasteiger charge is 2.40. The van der Waals surface area contributed by atoms with E-state index in [1.54, 1.807) is 0 Å². The van der Waals surface area contributed by atoms with Crippen molar-refractivity contribution < 1.29 is 9.47 Å². The third-order valence-electron chi connectivity index (χ3n) is 2.25. The molecule has 3 atom stereocenters. The molecule has 0 aromatic carbocycles. The van der Waals surface area contributed by atoms with Gasteiger partial charge in [0.2, 0.25) is 0 Å². The molecule has 0 radical (unpaired) electrons. The van der Waals surface area contributed by atoms with Gasteiger partial charge in [0, 0.05) is 12.6 Å². The molecule has 2 N–H and O–H groups in total. The molecule has 1 aliphatic carbocycles. The normalized spacial score (nSPS) is 33.5. The van der Waals surface area contributed by atoms with Gasteiger partial charge in [-0.25, -0.2) is 0 Å². The van der Waals surface area contributed by atoms with Gasteiger partial charge >= 0.3 is 0 Å². The molecule has 0 aromatic rings. The summed E-state index contributed by atoms with van der Waals surface area (Å²) in [5.74, 6) is 0. The number of rotatable bonds is 5. The Bertz CT molecular complexity index is 150. The molecule has 3 heteroatoms. The van der Waals surface area contributed by atoms with Crippen LogP contribution in [0.4, 0.5) is 0 Å². The van der Waals surface area contributed by atoms with Crippen LogP contribution in [-0.4, -0.2) is 31.0 Å². The van der Waals surface area contributed by atoms with E-state index < -0.39 is 0 Å². The fourth-order valence-electron chi connectivity index (χ4n) is 1.58. The quantitative estimate of drug-likeness (QED) is 0.705. The maximum absolute atomic E-state index is 5.82. The minimum Gasteiger partial charge on any atom is -0.374 e. The standard InChI is InChI=1S/C10H21NO2/c1-4-5-12-10-8(11)6-9(10)13-7(2)3/h7-10H,4-6,11H2,1-3H3. The topological polar surface area (TPSA) is 44.5 Å². The van der Waals surface area contributed by atoms with Crippen molar-refractivity contribution in [2.24, 2.45) is 5.73 Å². The predicted molar refractivity (Wildman–Crippen MR) is 52.6 cm³/mol. The van der Waals surface area contributed by atoms with E-state index in [4.69, 9.17) is 15.2 Å². The second kappa shape index (κ2) is 4.94. The van der Waals surface area contributed by atoms with E-state index >= 15 is 0 Å². The van der Waals surface area contributed by atoms with E-state index in [1.807, 2.05) is 13.8 Å². The molecule has 0 amide bonds. The van der Waals surface area contributed by atoms with E-state index in [9.17, 15) is 0 Å². The van der Waals surface area contributed by atoms with Gasteiger partial charge in [-0.3, -0.25) is 0 Å². The molecule has 1 rings (SSSR count). The maximum Gasteiger partial charge on any atom is 0.0988 e. The molecular formula is C10H21NO2. The van der Waals surface area contributed by atoms with E-state index in [1.165, 1.54) is 0 Å². The van der Waals surface area contributed by atoms with Crippen molar-refractivity contribution >= 4 is 0 Å². The summed E-state index contributed by atoms with van der Waals surface area (Å²) in [6, 6.07) is 0.176. The first kappa shape index (κ1) is 11.0. The molecule has 3 unspecified atom stereocenters. The van der Waals surface area contributed by atoms with Crippen molar-refractivity contribution in [1.82, 2.24) is 0 Å². The molecule has 0 heterocycles. The van der Waals surface area contributed by atoms with Crippen molar-refractivity contribution in [2.45, 2.75) is 58.0 Å². The fraction of sp³-hybridized carbons (Fsp3) is 1.00. The Morgan fingerprint density at radius 2 is 2.15 bits per heavy atom. The largest absolute Gasteiger partial charge is 0.374 e. The number of hydrogen-bond acceptors (Lipinski definition) is 3. The molecular weight excluding hydrogens is 166 g/mol. The predicted octanol–water partition coefficient (Wildman–Crippen LogP) is 1.31. The van der Waals surface area contributed by atoms with Crippen LogP contribution in [0.1, 0.15) is 33.6 Å². The van der Waals surface area contributed by atoms with Gasteiger partial charge in [-0.2, -0.15) is 0 Å². The average molecular weight is 187 g/mol. The summed E-state index contributed by atoms with van der Waals surface area (Å²) in [5.41, 5.74) is 5.82. The molecule has 0 saturated heterocycles. The summed E-state index contributed by atoms with van der Waals surface area (Å²) < 4.78 is 11.3. The Kier molecular flexibility index (Phi) is 4.16. The lowest BCUT2D eigenvalue weighted by atomic mass is 9.86. The van der Waals surface area contributed by atoms with Crippen LogP contribution in [-0.2, 0) is 9.47 Å². The van der Waals surface area contributed by atoms with Crippen LogP contribution in [0.25, 0.3) is 0 Å². The van der Waals surface area contributed by atoms with Crippen LogP contribution in [0.2, 0.25) is 0 Å². The van der Waals surface area contributed by atoms with Crippen LogP contribution in [0, 0.1) is 0 Å². The molecule has 0 bridgehead atoms. The van der Waals surface area contributed by atoms with Gasteiger partial charge in [0.1, 0.15) is 0 Å². The van der Waals surface area contributed by atoms with Crippen molar-refractivity contribution in [2.75, 3.05) is 6.61 Å². The third-order valence-corrected chi connectivity index (χ3v) is 2.25. The van der Waals surface area contributed by atoms with Crippen LogP contribution < -0.4 is 5.73 Å². The highest BCUT2D eigenvalue weighted by Crippen LogP contribution is 2.26. The average Bonchev–Trinajstić information content (AvgIpc) is 2.03. The Balaban J connectivity index is 2.24. The molecule has 0 aromatic heterocycles. The lowest BCUT2D eigenvalue weighted by Crippen LogP contribution is -2.58. The highest BCUT2D eigenvalue weighted by atomic mass is 16.5. The van der Waals surface area contributed by atoms with E-state index in [0.29, 0.717) is 0 Å². The highest BCUT2D eigenvalue weighted by molar-refractivity contribution is 4.95. The molecule has 78 valence electrons. The summed E-state index contributed by atoms with van der Waals surface area (Å²) in [7, 11) is 0. The number of nitrogens with two attached hydrogens (primary N) is 1. The summed E-state index contributed by atoms with van der Waals surface area (Å²) >= 11 is 0. The lowest BCUT2D eigenvalue weighted by molar-refractivity contribution is -0.154. The summed E-state index contributed by atoms with van der Waals surface area (Å²) in [5, 5.41) is 0. The van der Waals surface area contributed by atoms with E-state index in [2.05, 4.69) is 6.92 Å². The monoisotopic (exact) mass is 187 g/mol. The summed E-state index contributed by atoms with van der Waals surface area (Å²) in [4.78, 5) is 0. The number of hydrogen-bond donors (Lipinski definition) is 1. The van der Waals surface area contributed by atoms with Crippen LogP contribution >= 0.6 is 0 Å². The number of ether oxygens (including phenoxy) is 2. The van der Waals surface area contributed by atoms with E-state index in [0.717, 1.165) is 19.4 Å². The fourth-order valence-corrected chi connectivity index (χ4v) is 1.58. The zero-order chi connectivity index (χ0) is 9.84. The Morgan fingerprint density at radius 1 is 1.46 bits per heavy atom. The maximum atomic E-state index is 5.82. The van der Waals surface area contributed by atoms with Gasteiger partial charge in [0.25, 0.3) is 0 Å². The minimum atomic E-state index is 0.127. The van der Waals surface area contributed by atoms with Gasteiger partial charge in [-0.1, -0.05) is 6.92 Å². The Labute approximate surface area is 80.6 Å². The van der Waals surface area contributed by atoms with Gasteiger partial charge in [0.15, 0.2) is 0 Å². The summed E-state index contributed by atoms with van der Waals surface area (Å²) in [6.45, 7) is 6.97. The molecule has 0 spiro atoms. The second-order valence-corrected chi connectivity index (χ2v) is 3.96. The van der Waals surface area contributed by atoms with Crippen molar-refractivity contribution in [3.05, 3.63) is 0 Å². The molecule has 1 saturated carbocycles. The zero-order valence-corrected chi connectivity index (χ0v) is 8.82. The Morgan fingerprint density at radius 3 is 2.62 bits per heavy atom. The zero-order valence-electron chi connectivity index (χ0n) is 8.82. The first-order chi connectivity index (χ1) is 6.15. The van der Waals surface area contributed by atoms with Crippen molar-refractivity contribution in [3.8, 4) is 0 Å². The van der Waals surface area contributed by atoms with Gasteiger partial charge in [0.05, 0.1) is 18.3 Å². The molecule has 0 aliphatic heterocycles. The first-order valence-electron chi connectivity index (χ1n) is 5.17. The van der Waals surface area contributed by atoms with Crippen LogP contribution in [0.15, 0.2) is 0 Å². The first-order valence-corrected chi connectivity index (χ1v) is 5.17. The van der Waals surface area contributed by atoms with Crippen LogP contribution in [0.3, 0.4) is 0 Å². The van der Waals surface area contributed by atoms with Gasteiger partial charge < -0.3 is 15.2 Å². The molecule has 1 fully saturated rings. The van der Waals surface area contributed by atoms with E-state index in [-0.39, 0.29) is 24.4 Å². The SMILES string of the molecule is CCCOC1C(N)CC1OC(C)C. The van der Waals surface area contributed by atoms with Gasteiger partial charge in [-0.15, -0.1) is 0 Å². The van der Waals surface area contributed by atoms with Crippen molar-refractivity contribution in [1.29, 1.82) is 0 Å². The third kappa shape index (κ3) is 2.93. The Hall–Kier alpha value is -0.120. The van der Waals surface area contributed by atoms with Gasteiger partial charge in [-0.05, 0) is 26.7 Å². The lowest BCUT2D eigenvalue weighted by Gasteiger charge is -2.42. The van der Waals surface area contributed by atoms with Crippen molar-refractivity contribution in [3.63, 3.8) is 0 Å². The second-order valence-electron chi connectivity index (χ2n) is 3.96. The smallest absolute Gasteiger partial charge is 0.0988 e. The minimum absolute atomic E-state index is 0.127. The molecule has 1 aliphatic rings. The van der Waals surface area contributed by atoms with Crippen LogP contribution in [0.5, 0.6) is 0 Å². The molecule has 3 nitrogen and oxygen atoms in total. The summed E-state index contributed by atoms with van der Waals surface area (Å²) in [6.07, 6.45) is 2.60.